The number of hydrogen-bond donors (Lipinski definition) is 2. The van der Waals surface area contributed by atoms with Crippen LogP contribution in [0.25, 0.3) is 0 Å². The van der Waals surface area contributed by atoms with Crippen molar-refractivity contribution in [2.75, 3.05) is 13.2 Å². The number of aryl methyl sites for hydroxylation is 1. The first-order valence-corrected chi connectivity index (χ1v) is 14.3. The summed E-state index contributed by atoms with van der Waals surface area (Å²) in [5, 5.41) is 13.6. The highest BCUT2D eigenvalue weighted by Crippen LogP contribution is 2.42. The van der Waals surface area contributed by atoms with Gasteiger partial charge in [-0.15, -0.1) is 0 Å². The van der Waals surface area contributed by atoms with Crippen LogP contribution in [0.3, 0.4) is 0 Å². The largest absolute Gasteiger partial charge is 0.493 e. The van der Waals surface area contributed by atoms with Crippen molar-refractivity contribution in [3.05, 3.63) is 110 Å². The molecule has 2 N–H and O–H groups in total. The summed E-state index contributed by atoms with van der Waals surface area (Å²) in [5.41, 5.74) is 2.97. The van der Waals surface area contributed by atoms with Crippen LogP contribution < -0.4 is 19.5 Å². The van der Waals surface area contributed by atoms with E-state index in [1.165, 1.54) is 0 Å². The number of carbonyl (C=O) groups is 2. The van der Waals surface area contributed by atoms with E-state index in [1.807, 2.05) is 25.1 Å². The van der Waals surface area contributed by atoms with Crippen molar-refractivity contribution in [1.82, 2.24) is 5.32 Å². The van der Waals surface area contributed by atoms with Gasteiger partial charge in [0.2, 0.25) is 0 Å². The normalized spacial score (nSPS) is 14.0. The molecule has 1 amide bonds. The Hall–Kier alpha value is -3.91. The highest BCUT2D eigenvalue weighted by Gasteiger charge is 2.29. The third-order valence-electron chi connectivity index (χ3n) is 6.76. The molecule has 1 heterocycles. The number of carboxylic acid groups (broad SMARTS) is 1. The average Bonchev–Trinajstić information content (AvgIpc) is 2.96. The summed E-state index contributed by atoms with van der Waals surface area (Å²) in [7, 11) is 0. The molecule has 1 aliphatic rings. The number of carboxylic acids is 1. The predicted molar refractivity (Wildman–Crippen MR) is 162 cm³/mol. The molecule has 0 radical (unpaired) electrons. The zero-order chi connectivity index (χ0) is 29.8. The number of hydrogen-bond acceptors (Lipinski definition) is 5. The lowest BCUT2D eigenvalue weighted by Crippen LogP contribution is -2.25. The van der Waals surface area contributed by atoms with Crippen LogP contribution in [-0.2, 0) is 11.2 Å². The maximum Gasteiger partial charge on any atom is 0.311 e. The highest BCUT2D eigenvalue weighted by molar-refractivity contribution is 6.35. The van der Waals surface area contributed by atoms with Crippen molar-refractivity contribution < 1.29 is 28.9 Å². The molecule has 0 saturated carbocycles. The standard InChI is InChI=1S/C32H26Cl3NO6/c1-18-2-8-27(42-28-9-5-21(33)15-25(28)34)20(14-18)10-12-36-31(37)19-3-6-22(7-4-19)41-30-17-29-24(16-26(30)35)23(32(38)39)11-13-40-29/h2-9,14-17,23H,10-13H2,1H3,(H,36,37)(H,38,39). The minimum Gasteiger partial charge on any atom is -0.493 e. The summed E-state index contributed by atoms with van der Waals surface area (Å²) < 4.78 is 17.6. The van der Waals surface area contributed by atoms with E-state index in [-0.39, 0.29) is 10.9 Å². The Balaban J connectivity index is 1.20. The average molecular weight is 627 g/mol. The summed E-state index contributed by atoms with van der Waals surface area (Å²) >= 11 is 18.7. The topological polar surface area (TPSA) is 94.1 Å². The van der Waals surface area contributed by atoms with Gasteiger partial charge in [0.15, 0.2) is 0 Å². The van der Waals surface area contributed by atoms with Crippen molar-refractivity contribution in [2.24, 2.45) is 0 Å². The number of aliphatic carboxylic acids is 1. The van der Waals surface area contributed by atoms with Crippen molar-refractivity contribution in [1.29, 1.82) is 0 Å². The van der Waals surface area contributed by atoms with Crippen LogP contribution in [0.4, 0.5) is 0 Å². The monoisotopic (exact) mass is 625 g/mol. The van der Waals surface area contributed by atoms with Gasteiger partial charge in [-0.05, 0) is 79.9 Å². The molecule has 0 spiro atoms. The molecule has 0 saturated heterocycles. The number of ether oxygens (including phenoxy) is 3. The van der Waals surface area contributed by atoms with Crippen molar-refractivity contribution in [2.45, 2.75) is 25.7 Å². The maximum absolute atomic E-state index is 12.8. The van der Waals surface area contributed by atoms with Gasteiger partial charge in [-0.1, -0.05) is 52.5 Å². The van der Waals surface area contributed by atoms with E-state index in [0.29, 0.717) is 75.9 Å². The Morgan fingerprint density at radius 2 is 1.64 bits per heavy atom. The molecule has 5 rings (SSSR count). The fraction of sp³-hybridized carbons (Fsp3) is 0.188. The smallest absolute Gasteiger partial charge is 0.311 e. The van der Waals surface area contributed by atoms with E-state index in [4.69, 9.17) is 49.0 Å². The van der Waals surface area contributed by atoms with E-state index in [0.717, 1.165) is 11.1 Å². The second-order valence-corrected chi connectivity index (χ2v) is 11.0. The fourth-order valence-electron chi connectivity index (χ4n) is 4.62. The van der Waals surface area contributed by atoms with Crippen molar-refractivity contribution in [3.8, 4) is 28.7 Å². The van der Waals surface area contributed by atoms with Gasteiger partial charge in [-0.3, -0.25) is 9.59 Å². The first-order valence-electron chi connectivity index (χ1n) is 13.2. The molecule has 216 valence electrons. The van der Waals surface area contributed by atoms with Crippen LogP contribution in [0, 0.1) is 6.92 Å². The zero-order valence-electron chi connectivity index (χ0n) is 22.5. The van der Waals surface area contributed by atoms with E-state index in [9.17, 15) is 14.7 Å². The Kier molecular flexibility index (Phi) is 9.12. The van der Waals surface area contributed by atoms with Gasteiger partial charge in [-0.25, -0.2) is 0 Å². The van der Waals surface area contributed by atoms with Crippen LogP contribution in [0.2, 0.25) is 15.1 Å². The fourth-order valence-corrected chi connectivity index (χ4v) is 5.28. The Labute approximate surface area is 257 Å². The third kappa shape index (κ3) is 6.93. The molecule has 0 aromatic heterocycles. The van der Waals surface area contributed by atoms with E-state index >= 15 is 0 Å². The molecular weight excluding hydrogens is 601 g/mol. The van der Waals surface area contributed by atoms with Crippen LogP contribution in [0.1, 0.15) is 39.4 Å². The van der Waals surface area contributed by atoms with Crippen LogP contribution in [0.5, 0.6) is 28.7 Å². The van der Waals surface area contributed by atoms with Gasteiger partial charge in [0.05, 0.1) is 22.6 Å². The minimum absolute atomic E-state index is 0.239. The zero-order valence-corrected chi connectivity index (χ0v) is 24.7. The lowest BCUT2D eigenvalue weighted by Gasteiger charge is -2.24. The predicted octanol–water partition coefficient (Wildman–Crippen LogP) is 8.46. The number of carbonyl (C=O) groups excluding carboxylic acids is 1. The van der Waals surface area contributed by atoms with E-state index in [1.54, 1.807) is 54.6 Å². The minimum atomic E-state index is -0.923. The molecule has 10 heteroatoms. The van der Waals surface area contributed by atoms with Crippen LogP contribution >= 0.6 is 34.8 Å². The van der Waals surface area contributed by atoms with Gasteiger partial charge >= 0.3 is 5.97 Å². The molecule has 7 nitrogen and oxygen atoms in total. The summed E-state index contributed by atoms with van der Waals surface area (Å²) in [6, 6.07) is 20.7. The lowest BCUT2D eigenvalue weighted by atomic mass is 9.93. The van der Waals surface area contributed by atoms with Crippen LogP contribution in [-0.4, -0.2) is 30.1 Å². The molecule has 1 atom stereocenters. The van der Waals surface area contributed by atoms with Gasteiger partial charge in [0.1, 0.15) is 28.7 Å². The molecular formula is C32H26Cl3NO6. The first kappa shape index (κ1) is 29.6. The molecule has 0 fully saturated rings. The lowest BCUT2D eigenvalue weighted by molar-refractivity contribution is -0.139. The Morgan fingerprint density at radius 3 is 2.38 bits per heavy atom. The molecule has 4 aromatic rings. The number of amides is 1. The second-order valence-electron chi connectivity index (χ2n) is 9.77. The van der Waals surface area contributed by atoms with E-state index in [2.05, 4.69) is 5.32 Å². The number of halogens is 3. The number of benzene rings is 4. The number of rotatable bonds is 9. The highest BCUT2D eigenvalue weighted by atomic mass is 35.5. The van der Waals surface area contributed by atoms with Gasteiger partial charge in [-0.2, -0.15) is 0 Å². The second kappa shape index (κ2) is 12.9. The van der Waals surface area contributed by atoms with Crippen molar-refractivity contribution >= 4 is 46.7 Å². The van der Waals surface area contributed by atoms with Crippen LogP contribution in [0.15, 0.2) is 72.8 Å². The molecule has 1 aliphatic heterocycles. The summed E-state index contributed by atoms with van der Waals surface area (Å²) in [6.45, 7) is 2.67. The van der Waals surface area contributed by atoms with Crippen molar-refractivity contribution in [3.63, 3.8) is 0 Å². The molecule has 4 aromatic carbocycles. The summed E-state index contributed by atoms with van der Waals surface area (Å²) in [6.07, 6.45) is 0.914. The molecule has 1 unspecified atom stereocenters. The first-order chi connectivity index (χ1) is 20.2. The third-order valence-corrected chi connectivity index (χ3v) is 7.58. The molecule has 42 heavy (non-hydrogen) atoms. The molecule has 0 bridgehead atoms. The number of fused-ring (bicyclic) bond motifs is 1. The maximum atomic E-state index is 12.8. The summed E-state index contributed by atoms with van der Waals surface area (Å²) in [4.78, 5) is 24.4. The van der Waals surface area contributed by atoms with E-state index < -0.39 is 11.9 Å². The Morgan fingerprint density at radius 1 is 0.905 bits per heavy atom. The summed E-state index contributed by atoms with van der Waals surface area (Å²) in [5.74, 6) is 0.520. The van der Waals surface area contributed by atoms with Gasteiger partial charge in [0.25, 0.3) is 5.91 Å². The quantitative estimate of drug-likeness (QED) is 0.194. The SMILES string of the molecule is Cc1ccc(Oc2ccc(Cl)cc2Cl)c(CCNC(=O)c2ccc(Oc3cc4c(cc3Cl)C(C(=O)O)CCO4)cc2)c1. The molecule has 0 aliphatic carbocycles. The Bertz CT molecular complexity index is 1640. The number of nitrogens with one attached hydrogen (secondary N) is 1. The van der Waals surface area contributed by atoms with Gasteiger partial charge < -0.3 is 24.6 Å². The van der Waals surface area contributed by atoms with Gasteiger partial charge in [0, 0.05) is 28.8 Å².